The van der Waals surface area contributed by atoms with Gasteiger partial charge in [0.1, 0.15) is 23.7 Å². The Hall–Kier alpha value is -7.24. The number of likely N-dealkylation sites (tertiary alicyclic amines) is 1. The molecule has 14 heteroatoms. The molecule has 2 bridgehead atoms. The van der Waals surface area contributed by atoms with Gasteiger partial charge < -0.3 is 39.9 Å². The summed E-state index contributed by atoms with van der Waals surface area (Å²) >= 11 is 0. The Labute approximate surface area is 372 Å². The van der Waals surface area contributed by atoms with E-state index >= 15 is 0 Å². The molecule has 9 rings (SSSR count). The van der Waals surface area contributed by atoms with Crippen LogP contribution in [0, 0.1) is 60.2 Å². The molecular weight excluding hydrogens is 809 g/mol. The number of benzene rings is 3. The number of carbonyl (C=O) groups excluding carboxylic acids is 4. The molecule has 6 unspecified atom stereocenters. The van der Waals surface area contributed by atoms with Crippen LogP contribution in [0.15, 0.2) is 60.8 Å². The Morgan fingerprint density at radius 3 is 2.03 bits per heavy atom. The second kappa shape index (κ2) is 17.1. The Balaban J connectivity index is 1.06. The Morgan fingerprint density at radius 2 is 1.42 bits per heavy atom. The number of hydrogen-bond donors (Lipinski definition) is 4. The van der Waals surface area contributed by atoms with Crippen LogP contribution in [0.2, 0.25) is 0 Å². The lowest BCUT2D eigenvalue weighted by Crippen LogP contribution is -2.62. The molecule has 2 saturated heterocycles. The Bertz CT molecular complexity index is 2820. The van der Waals surface area contributed by atoms with Crippen molar-refractivity contribution < 1.29 is 28.7 Å². The fourth-order valence-electron chi connectivity index (χ4n) is 9.29. The third kappa shape index (κ3) is 7.66. The number of alkyl carbamates (subject to hydrolysis) is 2. The summed E-state index contributed by atoms with van der Waals surface area (Å²) in [6.45, 7) is 8.13. The first-order valence-electron chi connectivity index (χ1n) is 21.6. The van der Waals surface area contributed by atoms with Crippen LogP contribution in [0.25, 0.3) is 44.2 Å². The van der Waals surface area contributed by atoms with Crippen LogP contribution in [0.3, 0.4) is 0 Å². The van der Waals surface area contributed by atoms with Gasteiger partial charge in [0, 0.05) is 30.5 Å². The van der Waals surface area contributed by atoms with Gasteiger partial charge >= 0.3 is 12.2 Å². The monoisotopic (exact) mass is 860 g/mol. The fraction of sp³-hybridized carbons (Fsp3) is 0.400. The van der Waals surface area contributed by atoms with E-state index in [1.165, 1.54) is 14.2 Å². The molecule has 328 valence electrons. The average molecular weight is 861 g/mol. The maximum absolute atomic E-state index is 14.2. The first kappa shape index (κ1) is 43.4. The van der Waals surface area contributed by atoms with Crippen LogP contribution in [-0.4, -0.2) is 93.1 Å². The number of methoxy groups -OCH3 is 2. The van der Waals surface area contributed by atoms with Gasteiger partial charge in [0.25, 0.3) is 0 Å². The molecule has 0 spiro atoms. The summed E-state index contributed by atoms with van der Waals surface area (Å²) in [5.41, 5.74) is 3.00. The molecule has 4 N–H and O–H groups in total. The van der Waals surface area contributed by atoms with Crippen molar-refractivity contribution in [3.8, 4) is 58.9 Å². The first-order chi connectivity index (χ1) is 30.7. The number of fused-ring (bicyclic) bond motifs is 4. The second-order valence-corrected chi connectivity index (χ2v) is 17.6. The minimum atomic E-state index is -1.23. The standard InChI is InChI=1S/C50H52N8O6/c1-9-31-17-20-49(10-2,57(27-31)43(59)41(29(3)4)55-47(61)63-7)45-51-26-40(54-45)37-14-13-33-23-34(11-12-35(33)24-37)36-15-16-38-39(25-36)53-46(52-38)50-21-18-32(19-22-50)28-58(50)44(60)42(30(5)6)56-48(62)64-8/h1-2,11-16,23-26,29-32,41-42H,17-18,20-21,27-28H2,3-8H3,(H,51,54)(H,52,53)(H,55,61)(H,56,62). The second-order valence-electron chi connectivity index (χ2n) is 17.6. The highest BCUT2D eigenvalue weighted by Gasteiger charge is 2.51. The van der Waals surface area contributed by atoms with E-state index in [2.05, 4.69) is 80.7 Å². The van der Waals surface area contributed by atoms with Gasteiger partial charge in [-0.2, -0.15) is 0 Å². The minimum absolute atomic E-state index is 0.0591. The SMILES string of the molecule is C#CC1CCC(C#C)(c2ncc(-c3ccc4cc(-c5ccc6nc(C78C#CC(CC7)CN8C(=O)C(NC(=O)OC)C(C)C)[nH]c6c5)ccc4c3)[nH]2)N(C(=O)C(NC(=O)OC)C(C)C)C1. The third-order valence-electron chi connectivity index (χ3n) is 13.0. The zero-order chi connectivity index (χ0) is 45.5. The zero-order valence-electron chi connectivity index (χ0n) is 36.9. The lowest BCUT2D eigenvalue weighted by Gasteiger charge is -2.48. The summed E-state index contributed by atoms with van der Waals surface area (Å²) in [7, 11) is 2.53. The van der Waals surface area contributed by atoms with Gasteiger partial charge in [-0.15, -0.1) is 18.8 Å². The van der Waals surface area contributed by atoms with E-state index in [9.17, 15) is 19.2 Å². The number of carbonyl (C=O) groups is 4. The number of nitrogens with zero attached hydrogens (tertiary/aromatic N) is 4. The predicted molar refractivity (Wildman–Crippen MR) is 243 cm³/mol. The van der Waals surface area contributed by atoms with Crippen molar-refractivity contribution in [1.29, 1.82) is 0 Å². The maximum Gasteiger partial charge on any atom is 0.407 e. The van der Waals surface area contributed by atoms with E-state index in [0.29, 0.717) is 37.5 Å². The normalized spacial score (nSPS) is 22.3. The number of terminal acetylenes is 2. The number of aromatic nitrogens is 4. The number of amides is 4. The molecule has 0 saturated carbocycles. The van der Waals surface area contributed by atoms with Gasteiger partial charge in [0.15, 0.2) is 11.1 Å². The molecule has 1 aliphatic carbocycles. The van der Waals surface area contributed by atoms with Crippen LogP contribution in [0.5, 0.6) is 0 Å². The highest BCUT2D eigenvalue weighted by atomic mass is 16.5. The molecule has 5 aromatic rings. The maximum atomic E-state index is 14.2. The smallest absolute Gasteiger partial charge is 0.407 e. The molecule has 2 aromatic heterocycles. The van der Waals surface area contributed by atoms with E-state index in [-0.39, 0.29) is 42.0 Å². The molecule has 0 radical (unpaired) electrons. The van der Waals surface area contributed by atoms with Crippen LogP contribution in [0.1, 0.15) is 65.0 Å². The Kier molecular flexibility index (Phi) is 11.6. The highest BCUT2D eigenvalue weighted by Crippen LogP contribution is 2.43. The van der Waals surface area contributed by atoms with Crippen LogP contribution >= 0.6 is 0 Å². The molecule has 6 atom stereocenters. The summed E-state index contributed by atoms with van der Waals surface area (Å²) in [6.07, 6.45) is 15.0. The molecule has 2 fully saturated rings. The van der Waals surface area contributed by atoms with Crippen molar-refractivity contribution in [2.75, 3.05) is 27.3 Å². The summed E-state index contributed by atoms with van der Waals surface area (Å²) in [5.74, 6) is 12.3. The number of ether oxygens (including phenoxy) is 2. The van der Waals surface area contributed by atoms with Crippen molar-refractivity contribution in [2.24, 2.45) is 23.7 Å². The fourth-order valence-corrected chi connectivity index (χ4v) is 9.29. The topological polar surface area (TPSA) is 175 Å². The minimum Gasteiger partial charge on any atom is -0.453 e. The van der Waals surface area contributed by atoms with Crippen LogP contribution in [-0.2, 0) is 30.1 Å². The third-order valence-corrected chi connectivity index (χ3v) is 13.0. The van der Waals surface area contributed by atoms with Crippen LogP contribution < -0.4 is 10.6 Å². The molecule has 14 nitrogen and oxygen atoms in total. The number of hydrogen-bond acceptors (Lipinski definition) is 8. The van der Waals surface area contributed by atoms with Gasteiger partial charge in [0.2, 0.25) is 11.8 Å². The molecule has 5 heterocycles. The molecule has 64 heavy (non-hydrogen) atoms. The number of rotatable bonds is 10. The predicted octanol–water partition coefficient (Wildman–Crippen LogP) is 6.69. The van der Waals surface area contributed by atoms with E-state index in [1.54, 1.807) is 16.0 Å². The van der Waals surface area contributed by atoms with Gasteiger partial charge in [-0.1, -0.05) is 75.8 Å². The number of H-pyrrole nitrogens is 2. The molecule has 3 aliphatic heterocycles. The van der Waals surface area contributed by atoms with Crippen LogP contribution in [0.4, 0.5) is 9.59 Å². The molecule has 4 aliphatic rings. The van der Waals surface area contributed by atoms with Gasteiger partial charge in [0.05, 0.1) is 37.1 Å². The van der Waals surface area contributed by atoms with E-state index < -0.39 is 35.3 Å². The molecule has 4 amide bonds. The highest BCUT2D eigenvalue weighted by molar-refractivity contribution is 5.92. The number of nitrogens with one attached hydrogen (secondary N) is 4. The number of aromatic amines is 2. The van der Waals surface area contributed by atoms with Crippen molar-refractivity contribution in [3.63, 3.8) is 0 Å². The van der Waals surface area contributed by atoms with Gasteiger partial charge in [-0.25, -0.2) is 19.6 Å². The molecule has 3 aromatic carbocycles. The summed E-state index contributed by atoms with van der Waals surface area (Å²) in [5, 5.41) is 7.44. The quantitative estimate of drug-likeness (QED) is 0.113. The van der Waals surface area contributed by atoms with Crippen molar-refractivity contribution in [2.45, 2.75) is 76.5 Å². The number of piperidine rings is 2. The van der Waals surface area contributed by atoms with Crippen molar-refractivity contribution in [3.05, 3.63) is 72.4 Å². The van der Waals surface area contributed by atoms with E-state index in [1.807, 2.05) is 45.9 Å². The largest absolute Gasteiger partial charge is 0.453 e. The van der Waals surface area contributed by atoms with E-state index in [4.69, 9.17) is 32.3 Å². The molecular formula is C50H52N8O6. The van der Waals surface area contributed by atoms with Gasteiger partial charge in [-0.3, -0.25) is 9.59 Å². The zero-order valence-corrected chi connectivity index (χ0v) is 36.9. The first-order valence-corrected chi connectivity index (χ1v) is 21.6. The Morgan fingerprint density at radius 1 is 0.797 bits per heavy atom. The average Bonchev–Trinajstić information content (AvgIpc) is 4.00. The lowest BCUT2D eigenvalue weighted by atomic mass is 9.76. The van der Waals surface area contributed by atoms with Gasteiger partial charge in [-0.05, 0) is 83.7 Å². The van der Waals surface area contributed by atoms with Crippen molar-refractivity contribution >= 4 is 45.8 Å². The van der Waals surface area contributed by atoms with E-state index in [0.717, 1.165) is 50.6 Å². The summed E-state index contributed by atoms with van der Waals surface area (Å²) in [6, 6.07) is 16.8. The lowest BCUT2D eigenvalue weighted by molar-refractivity contribution is -0.143. The number of imidazole rings is 2. The summed E-state index contributed by atoms with van der Waals surface area (Å²) in [4.78, 5) is 73.0. The summed E-state index contributed by atoms with van der Waals surface area (Å²) < 4.78 is 9.65. The van der Waals surface area contributed by atoms with Crippen molar-refractivity contribution in [1.82, 2.24) is 40.4 Å².